The average molecular weight is 460 g/mol. The molecular formula is C23H26ClN3O5. The monoisotopic (exact) mass is 459 g/mol. The Hall–Kier alpha value is -3.13. The fraction of sp³-hybridized carbons (Fsp3) is 0.391. The zero-order chi connectivity index (χ0) is 23.6. The smallest absolute Gasteiger partial charge is 0.270 e. The molecule has 0 fully saturated rings. The molecule has 1 heterocycles. The van der Waals surface area contributed by atoms with Gasteiger partial charge in [0.25, 0.3) is 11.6 Å². The minimum atomic E-state index is -0.699. The molecule has 2 aromatic rings. The third-order valence-electron chi connectivity index (χ3n) is 5.26. The molecule has 0 spiro atoms. The van der Waals surface area contributed by atoms with E-state index in [1.807, 2.05) is 13.8 Å². The van der Waals surface area contributed by atoms with Gasteiger partial charge in [-0.25, -0.2) is 0 Å². The van der Waals surface area contributed by atoms with Crippen molar-refractivity contribution in [1.82, 2.24) is 0 Å². The fourth-order valence-electron chi connectivity index (χ4n) is 3.33. The molecule has 1 N–H and O–H groups in total. The van der Waals surface area contributed by atoms with Crippen LogP contribution >= 0.6 is 11.6 Å². The number of nitrogens with zero attached hydrogens (tertiary/aromatic N) is 2. The molecule has 32 heavy (non-hydrogen) atoms. The number of nitro groups is 1. The summed E-state index contributed by atoms with van der Waals surface area (Å²) in [6, 6.07) is 8.73. The highest BCUT2D eigenvalue weighted by Gasteiger charge is 2.37. The van der Waals surface area contributed by atoms with Crippen LogP contribution < -0.4 is 15.0 Å². The third kappa shape index (κ3) is 5.02. The maximum absolute atomic E-state index is 13.1. The number of ether oxygens (including phenoxy) is 1. The topological polar surface area (TPSA) is 102 Å². The minimum Gasteiger partial charge on any atom is -0.490 e. The van der Waals surface area contributed by atoms with E-state index in [9.17, 15) is 19.7 Å². The predicted octanol–water partition coefficient (Wildman–Crippen LogP) is 5.30. The van der Waals surface area contributed by atoms with Gasteiger partial charge in [-0.1, -0.05) is 25.4 Å². The number of carbonyl (C=O) groups excluding carboxylic acids is 2. The molecule has 2 amide bonds. The molecule has 9 heteroatoms. The van der Waals surface area contributed by atoms with Crippen LogP contribution in [0.25, 0.3) is 0 Å². The van der Waals surface area contributed by atoms with Gasteiger partial charge in [0.05, 0.1) is 26.6 Å². The van der Waals surface area contributed by atoms with Gasteiger partial charge in [-0.2, -0.15) is 0 Å². The number of hydrogen-bond acceptors (Lipinski definition) is 5. The van der Waals surface area contributed by atoms with Gasteiger partial charge < -0.3 is 15.0 Å². The average Bonchev–Trinajstić information content (AvgIpc) is 2.81. The molecule has 0 aliphatic carbocycles. The van der Waals surface area contributed by atoms with Crippen LogP contribution in [0.15, 0.2) is 36.4 Å². The Morgan fingerprint density at radius 3 is 2.66 bits per heavy atom. The molecule has 0 bridgehead atoms. The van der Waals surface area contributed by atoms with Crippen molar-refractivity contribution in [3.63, 3.8) is 0 Å². The first kappa shape index (κ1) is 23.5. The maximum atomic E-state index is 13.1. The third-order valence-corrected chi connectivity index (χ3v) is 5.59. The Balaban J connectivity index is 1.90. The van der Waals surface area contributed by atoms with Gasteiger partial charge in [0.1, 0.15) is 12.4 Å². The van der Waals surface area contributed by atoms with Gasteiger partial charge in [0.15, 0.2) is 0 Å². The van der Waals surface area contributed by atoms with Crippen LogP contribution in [-0.2, 0) is 4.79 Å². The van der Waals surface area contributed by atoms with E-state index in [4.69, 9.17) is 16.3 Å². The number of anilines is 2. The lowest BCUT2D eigenvalue weighted by molar-refractivity contribution is -0.384. The van der Waals surface area contributed by atoms with E-state index in [1.54, 1.807) is 23.1 Å². The number of halogens is 1. The van der Waals surface area contributed by atoms with Crippen molar-refractivity contribution >= 4 is 40.5 Å². The quantitative estimate of drug-likeness (QED) is 0.466. The van der Waals surface area contributed by atoms with Crippen LogP contribution in [0.5, 0.6) is 5.75 Å². The molecule has 1 aliphatic heterocycles. The second kappa shape index (κ2) is 9.16. The van der Waals surface area contributed by atoms with Gasteiger partial charge in [-0.15, -0.1) is 0 Å². The van der Waals surface area contributed by atoms with Crippen LogP contribution in [0.2, 0.25) is 5.02 Å². The summed E-state index contributed by atoms with van der Waals surface area (Å²) >= 11 is 6.07. The summed E-state index contributed by atoms with van der Waals surface area (Å²) in [5, 5.41) is 13.8. The highest BCUT2D eigenvalue weighted by Crippen LogP contribution is 2.38. The number of rotatable bonds is 6. The number of carbonyl (C=O) groups is 2. The second-order valence-electron chi connectivity index (χ2n) is 8.87. The van der Waals surface area contributed by atoms with E-state index in [0.29, 0.717) is 29.6 Å². The summed E-state index contributed by atoms with van der Waals surface area (Å²) in [5.74, 6) is 0.310. The van der Waals surface area contributed by atoms with Crippen molar-refractivity contribution in [1.29, 1.82) is 0 Å². The van der Waals surface area contributed by atoms with Crippen LogP contribution in [0.3, 0.4) is 0 Å². The van der Waals surface area contributed by atoms with Gasteiger partial charge >= 0.3 is 0 Å². The number of hydrogen-bond donors (Lipinski definition) is 1. The lowest BCUT2D eigenvalue weighted by Gasteiger charge is -2.28. The lowest BCUT2D eigenvalue weighted by Crippen LogP contribution is -2.42. The van der Waals surface area contributed by atoms with E-state index in [2.05, 4.69) is 19.2 Å². The van der Waals surface area contributed by atoms with E-state index in [-0.39, 0.29) is 28.8 Å². The van der Waals surface area contributed by atoms with Crippen LogP contribution in [0.4, 0.5) is 17.1 Å². The van der Waals surface area contributed by atoms with Crippen molar-refractivity contribution in [3.8, 4) is 5.75 Å². The summed E-state index contributed by atoms with van der Waals surface area (Å²) in [4.78, 5) is 38.0. The highest BCUT2D eigenvalue weighted by molar-refractivity contribution is 6.34. The zero-order valence-corrected chi connectivity index (χ0v) is 19.2. The molecule has 0 saturated carbocycles. The molecule has 170 valence electrons. The number of nitro benzene ring substituents is 1. The summed E-state index contributed by atoms with van der Waals surface area (Å²) in [6.07, 6.45) is 0.838. The van der Waals surface area contributed by atoms with E-state index < -0.39 is 16.2 Å². The Labute approximate surface area is 191 Å². The van der Waals surface area contributed by atoms with Gasteiger partial charge in [0, 0.05) is 30.4 Å². The first-order chi connectivity index (χ1) is 15.0. The number of benzene rings is 2. The summed E-state index contributed by atoms with van der Waals surface area (Å²) in [6.45, 7) is 8.65. The zero-order valence-electron chi connectivity index (χ0n) is 18.5. The maximum Gasteiger partial charge on any atom is 0.270 e. The summed E-state index contributed by atoms with van der Waals surface area (Å²) < 4.78 is 5.94. The van der Waals surface area contributed by atoms with E-state index >= 15 is 0 Å². The highest BCUT2D eigenvalue weighted by atomic mass is 35.5. The number of non-ortho nitro benzene ring substituents is 1. The first-order valence-corrected chi connectivity index (χ1v) is 10.7. The van der Waals surface area contributed by atoms with Gasteiger partial charge in [-0.05, 0) is 44.4 Å². The Morgan fingerprint density at radius 2 is 2.00 bits per heavy atom. The molecular weight excluding hydrogens is 434 g/mol. The van der Waals surface area contributed by atoms with Crippen LogP contribution in [-0.4, -0.2) is 29.9 Å². The first-order valence-electron chi connectivity index (χ1n) is 10.3. The molecule has 0 atom stereocenters. The van der Waals surface area contributed by atoms with Gasteiger partial charge in [-0.3, -0.25) is 19.7 Å². The largest absolute Gasteiger partial charge is 0.490 e. The van der Waals surface area contributed by atoms with Crippen molar-refractivity contribution in [2.75, 3.05) is 23.4 Å². The second-order valence-corrected chi connectivity index (χ2v) is 9.28. The molecule has 8 nitrogen and oxygen atoms in total. The minimum absolute atomic E-state index is 0.00778. The van der Waals surface area contributed by atoms with Crippen molar-refractivity contribution < 1.29 is 19.2 Å². The predicted molar refractivity (Wildman–Crippen MR) is 124 cm³/mol. The molecule has 0 unspecified atom stereocenters. The number of amides is 2. The Morgan fingerprint density at radius 1 is 1.28 bits per heavy atom. The summed E-state index contributed by atoms with van der Waals surface area (Å²) in [5.41, 5.74) is 0.133. The Bertz CT molecular complexity index is 1070. The molecule has 0 saturated heterocycles. The summed E-state index contributed by atoms with van der Waals surface area (Å²) in [7, 11) is 0. The molecule has 3 rings (SSSR count). The SMILES string of the molecule is CC(C)CCN1C(=O)C(C)(C)COc2cc(NC(=O)c3cc([N+](=O)[O-])ccc3Cl)ccc21. The molecule has 0 radical (unpaired) electrons. The van der Waals surface area contributed by atoms with E-state index in [0.717, 1.165) is 12.5 Å². The Kier molecular flexibility index (Phi) is 6.74. The number of fused-ring (bicyclic) bond motifs is 1. The van der Waals surface area contributed by atoms with Crippen molar-refractivity contribution in [3.05, 3.63) is 57.1 Å². The van der Waals surface area contributed by atoms with E-state index in [1.165, 1.54) is 12.1 Å². The van der Waals surface area contributed by atoms with Crippen molar-refractivity contribution in [2.45, 2.75) is 34.1 Å². The molecule has 2 aromatic carbocycles. The number of nitrogens with one attached hydrogen (secondary N) is 1. The van der Waals surface area contributed by atoms with Gasteiger partial charge in [0.2, 0.25) is 5.91 Å². The standard InChI is InChI=1S/C23H26ClN3O5/c1-14(2)9-10-26-19-8-5-15(11-20(19)32-13-23(3,4)22(26)29)25-21(28)17-12-16(27(30)31)6-7-18(17)24/h5-8,11-12,14H,9-10,13H2,1-4H3,(H,25,28). The molecule has 0 aromatic heterocycles. The normalized spacial score (nSPS) is 15.1. The van der Waals surface area contributed by atoms with Crippen molar-refractivity contribution in [2.24, 2.45) is 11.3 Å². The lowest BCUT2D eigenvalue weighted by atomic mass is 9.92. The van der Waals surface area contributed by atoms with Crippen LogP contribution in [0.1, 0.15) is 44.5 Å². The fourth-order valence-corrected chi connectivity index (χ4v) is 3.54. The van der Waals surface area contributed by atoms with Crippen LogP contribution in [0, 0.1) is 21.4 Å². The molecule has 1 aliphatic rings.